The van der Waals surface area contributed by atoms with Crippen LogP contribution in [-0.4, -0.2) is 33.2 Å². The first-order valence-electron chi connectivity index (χ1n) is 5.92. The molecular weight excluding hydrogens is 277 g/mol. The van der Waals surface area contributed by atoms with Crippen molar-refractivity contribution in [3.63, 3.8) is 0 Å². The Labute approximate surface area is 113 Å². The van der Waals surface area contributed by atoms with E-state index in [0.29, 0.717) is 22.8 Å². The van der Waals surface area contributed by atoms with Crippen molar-refractivity contribution >= 4 is 0 Å². The van der Waals surface area contributed by atoms with Crippen LogP contribution in [0.4, 0.5) is 13.2 Å². The van der Waals surface area contributed by atoms with Crippen LogP contribution in [0, 0.1) is 0 Å². The van der Waals surface area contributed by atoms with Gasteiger partial charge in [-0.1, -0.05) is 0 Å². The van der Waals surface area contributed by atoms with Crippen LogP contribution in [0.3, 0.4) is 0 Å². The van der Waals surface area contributed by atoms with Crippen molar-refractivity contribution in [1.82, 2.24) is 5.32 Å². The maximum absolute atomic E-state index is 12.3. The van der Waals surface area contributed by atoms with E-state index in [9.17, 15) is 13.2 Å². The third-order valence-electron chi connectivity index (χ3n) is 2.87. The molecule has 0 saturated carbocycles. The van der Waals surface area contributed by atoms with E-state index in [2.05, 4.69) is 5.32 Å². The van der Waals surface area contributed by atoms with Gasteiger partial charge in [-0.3, -0.25) is 0 Å². The third-order valence-corrected chi connectivity index (χ3v) is 2.87. The molecule has 0 saturated heterocycles. The van der Waals surface area contributed by atoms with Crippen LogP contribution < -0.4 is 25.3 Å². The first kappa shape index (κ1) is 14.7. The summed E-state index contributed by atoms with van der Waals surface area (Å²) in [4.78, 5) is 0. The number of rotatable bonds is 5. The van der Waals surface area contributed by atoms with Crippen LogP contribution in [-0.2, 0) is 0 Å². The monoisotopic (exact) mass is 292 g/mol. The van der Waals surface area contributed by atoms with Gasteiger partial charge in [-0.15, -0.1) is 0 Å². The second kappa shape index (κ2) is 5.76. The third kappa shape index (κ3) is 3.26. The average molecular weight is 292 g/mol. The van der Waals surface area contributed by atoms with Gasteiger partial charge in [-0.05, 0) is 17.7 Å². The number of fused-ring (bicyclic) bond motifs is 1. The van der Waals surface area contributed by atoms with Crippen LogP contribution in [0.1, 0.15) is 11.6 Å². The Morgan fingerprint density at radius 3 is 2.75 bits per heavy atom. The number of methoxy groups -OCH3 is 1. The van der Waals surface area contributed by atoms with E-state index in [1.807, 2.05) is 0 Å². The molecule has 2 rings (SSSR count). The summed E-state index contributed by atoms with van der Waals surface area (Å²) in [6.07, 6.45) is -4.30. The standard InChI is InChI=1S/C12H15F3N2O3/c1-18-9-2-7(3-10-11(9)20-6-19-10)8(4-16)17-5-12(13,14)15/h2-3,8,17H,4-6,16H2,1H3. The lowest BCUT2D eigenvalue weighted by atomic mass is 10.1. The van der Waals surface area contributed by atoms with Crippen molar-refractivity contribution in [3.05, 3.63) is 17.7 Å². The Balaban J connectivity index is 2.22. The molecule has 0 amide bonds. The minimum atomic E-state index is -4.30. The number of hydrogen-bond donors (Lipinski definition) is 2. The molecule has 1 aromatic carbocycles. The molecule has 0 aromatic heterocycles. The SMILES string of the molecule is COc1cc(C(CN)NCC(F)(F)F)cc2c1OCO2. The normalized spacial score (nSPS) is 15.2. The summed E-state index contributed by atoms with van der Waals surface area (Å²) in [5, 5.41) is 2.37. The van der Waals surface area contributed by atoms with Crippen molar-refractivity contribution < 1.29 is 27.4 Å². The molecule has 1 aliphatic rings. The van der Waals surface area contributed by atoms with Crippen molar-refractivity contribution in [2.45, 2.75) is 12.2 Å². The molecule has 1 heterocycles. The molecule has 1 atom stereocenters. The lowest BCUT2D eigenvalue weighted by molar-refractivity contribution is -0.126. The van der Waals surface area contributed by atoms with Gasteiger partial charge in [0.25, 0.3) is 0 Å². The molecule has 0 bridgehead atoms. The summed E-state index contributed by atoms with van der Waals surface area (Å²) in [7, 11) is 1.45. The number of alkyl halides is 3. The highest BCUT2D eigenvalue weighted by Gasteiger charge is 2.29. The molecule has 0 radical (unpaired) electrons. The lowest BCUT2D eigenvalue weighted by Crippen LogP contribution is -2.35. The fourth-order valence-corrected chi connectivity index (χ4v) is 1.93. The minimum absolute atomic E-state index is 0.0128. The van der Waals surface area contributed by atoms with Crippen molar-refractivity contribution in [2.75, 3.05) is 27.0 Å². The zero-order valence-electron chi connectivity index (χ0n) is 10.8. The second-order valence-corrected chi connectivity index (χ2v) is 4.24. The summed E-state index contributed by atoms with van der Waals surface area (Å²) in [6.45, 7) is -1.05. The maximum Gasteiger partial charge on any atom is 0.401 e. The van der Waals surface area contributed by atoms with Gasteiger partial charge in [-0.2, -0.15) is 13.2 Å². The smallest absolute Gasteiger partial charge is 0.401 e. The van der Waals surface area contributed by atoms with Gasteiger partial charge in [0.15, 0.2) is 11.5 Å². The number of ether oxygens (including phenoxy) is 3. The predicted molar refractivity (Wildman–Crippen MR) is 65.0 cm³/mol. The Kier molecular flexibility index (Phi) is 4.24. The fourth-order valence-electron chi connectivity index (χ4n) is 1.93. The van der Waals surface area contributed by atoms with E-state index in [1.54, 1.807) is 12.1 Å². The van der Waals surface area contributed by atoms with E-state index < -0.39 is 18.8 Å². The number of benzene rings is 1. The molecule has 1 aromatic rings. The Hall–Kier alpha value is -1.67. The number of nitrogens with one attached hydrogen (secondary N) is 1. The van der Waals surface area contributed by atoms with Crippen LogP contribution in [0.5, 0.6) is 17.2 Å². The quantitative estimate of drug-likeness (QED) is 0.862. The Morgan fingerprint density at radius 1 is 1.40 bits per heavy atom. The summed E-state index contributed by atoms with van der Waals surface area (Å²) >= 11 is 0. The molecule has 112 valence electrons. The Bertz CT molecular complexity index is 480. The molecule has 1 unspecified atom stereocenters. The average Bonchev–Trinajstić information content (AvgIpc) is 2.85. The van der Waals surface area contributed by atoms with Gasteiger partial charge in [0.1, 0.15) is 0 Å². The summed E-state index contributed by atoms with van der Waals surface area (Å²) < 4.78 is 52.4. The molecule has 8 heteroatoms. The topological polar surface area (TPSA) is 65.7 Å². The summed E-state index contributed by atoms with van der Waals surface area (Å²) in [6, 6.07) is 2.54. The molecule has 0 spiro atoms. The van der Waals surface area contributed by atoms with Crippen molar-refractivity contribution in [3.8, 4) is 17.2 Å². The zero-order chi connectivity index (χ0) is 14.8. The summed E-state index contributed by atoms with van der Waals surface area (Å²) in [5.74, 6) is 1.29. The van der Waals surface area contributed by atoms with E-state index in [4.69, 9.17) is 19.9 Å². The molecular formula is C12H15F3N2O3. The highest BCUT2D eigenvalue weighted by atomic mass is 19.4. The van der Waals surface area contributed by atoms with Crippen LogP contribution >= 0.6 is 0 Å². The van der Waals surface area contributed by atoms with Gasteiger partial charge < -0.3 is 25.3 Å². The van der Waals surface area contributed by atoms with Gasteiger partial charge in [0.2, 0.25) is 12.5 Å². The first-order chi connectivity index (χ1) is 9.44. The molecule has 1 aliphatic heterocycles. The highest BCUT2D eigenvalue weighted by Crippen LogP contribution is 2.42. The fraction of sp³-hybridized carbons (Fsp3) is 0.500. The van der Waals surface area contributed by atoms with Crippen LogP contribution in [0.15, 0.2) is 12.1 Å². The van der Waals surface area contributed by atoms with Gasteiger partial charge in [0, 0.05) is 12.6 Å². The minimum Gasteiger partial charge on any atom is -0.493 e. The van der Waals surface area contributed by atoms with E-state index >= 15 is 0 Å². The largest absolute Gasteiger partial charge is 0.493 e. The lowest BCUT2D eigenvalue weighted by Gasteiger charge is -2.19. The first-order valence-corrected chi connectivity index (χ1v) is 5.92. The van der Waals surface area contributed by atoms with Gasteiger partial charge >= 0.3 is 6.18 Å². The molecule has 20 heavy (non-hydrogen) atoms. The highest BCUT2D eigenvalue weighted by molar-refractivity contribution is 5.55. The van der Waals surface area contributed by atoms with Crippen molar-refractivity contribution in [1.29, 1.82) is 0 Å². The number of hydrogen-bond acceptors (Lipinski definition) is 5. The second-order valence-electron chi connectivity index (χ2n) is 4.24. The zero-order valence-corrected chi connectivity index (χ0v) is 10.8. The number of halogens is 3. The van der Waals surface area contributed by atoms with Gasteiger partial charge in [0.05, 0.1) is 13.7 Å². The van der Waals surface area contributed by atoms with Crippen LogP contribution in [0.2, 0.25) is 0 Å². The van der Waals surface area contributed by atoms with E-state index in [0.717, 1.165) is 0 Å². The molecule has 0 aliphatic carbocycles. The van der Waals surface area contributed by atoms with Crippen molar-refractivity contribution in [2.24, 2.45) is 5.73 Å². The molecule has 5 nitrogen and oxygen atoms in total. The van der Waals surface area contributed by atoms with E-state index in [1.165, 1.54) is 7.11 Å². The predicted octanol–water partition coefficient (Wildman–Crippen LogP) is 1.58. The summed E-state index contributed by atoms with van der Waals surface area (Å²) in [5.41, 5.74) is 6.08. The van der Waals surface area contributed by atoms with Crippen LogP contribution in [0.25, 0.3) is 0 Å². The Morgan fingerprint density at radius 2 is 2.15 bits per heavy atom. The van der Waals surface area contributed by atoms with E-state index in [-0.39, 0.29) is 13.3 Å². The van der Waals surface area contributed by atoms with Gasteiger partial charge in [-0.25, -0.2) is 0 Å². The maximum atomic E-state index is 12.3. The number of nitrogens with two attached hydrogens (primary N) is 1. The molecule has 3 N–H and O–H groups in total. The molecule has 0 fully saturated rings.